The van der Waals surface area contributed by atoms with Crippen molar-refractivity contribution in [2.75, 3.05) is 13.7 Å². The van der Waals surface area contributed by atoms with Gasteiger partial charge in [0.1, 0.15) is 0 Å². The minimum Gasteiger partial charge on any atom is -0.480 e. The number of halogens is 3. The van der Waals surface area contributed by atoms with Gasteiger partial charge in [0.05, 0.1) is 30.3 Å². The predicted octanol–water partition coefficient (Wildman–Crippen LogP) is 2.90. The van der Waals surface area contributed by atoms with Crippen molar-refractivity contribution < 1.29 is 23.0 Å². The van der Waals surface area contributed by atoms with E-state index in [4.69, 9.17) is 9.47 Å². The Balaban J connectivity index is 3.10. The zero-order chi connectivity index (χ0) is 13.7. The molecule has 18 heavy (non-hydrogen) atoms. The van der Waals surface area contributed by atoms with E-state index < -0.39 is 12.4 Å². The van der Waals surface area contributed by atoms with Crippen LogP contribution in [0, 0.1) is 0 Å². The van der Waals surface area contributed by atoms with Crippen molar-refractivity contribution in [2.45, 2.75) is 19.8 Å². The maximum absolute atomic E-state index is 12.8. The Kier molecular flexibility index (Phi) is 5.46. The maximum Gasteiger partial charge on any atom is 0.311 e. The van der Waals surface area contributed by atoms with Crippen LogP contribution in [0.1, 0.15) is 24.6 Å². The van der Waals surface area contributed by atoms with Crippen LogP contribution >= 0.6 is 15.9 Å². The van der Waals surface area contributed by atoms with Crippen molar-refractivity contribution in [3.8, 4) is 5.88 Å². The van der Waals surface area contributed by atoms with Crippen LogP contribution in [-0.2, 0) is 16.0 Å². The molecular formula is C11H12BrF2NO3. The molecule has 0 spiro atoms. The molecule has 0 aliphatic carbocycles. The summed E-state index contributed by atoms with van der Waals surface area (Å²) >= 11 is 3.07. The van der Waals surface area contributed by atoms with Gasteiger partial charge in [0.2, 0.25) is 5.88 Å². The van der Waals surface area contributed by atoms with Gasteiger partial charge >= 0.3 is 5.97 Å². The third-order valence-electron chi connectivity index (χ3n) is 2.10. The molecule has 0 unspecified atom stereocenters. The van der Waals surface area contributed by atoms with E-state index in [9.17, 15) is 13.6 Å². The standard InChI is InChI=1S/C11H12BrF2NO3/c1-3-18-9(16)5-8-6(10(13)14)4-7(12)11(15-8)17-2/h4,10H,3,5H2,1-2H3. The summed E-state index contributed by atoms with van der Waals surface area (Å²) < 4.78 is 35.6. The van der Waals surface area contributed by atoms with Gasteiger partial charge in [-0.2, -0.15) is 0 Å². The summed E-state index contributed by atoms with van der Waals surface area (Å²) in [6.45, 7) is 1.83. The van der Waals surface area contributed by atoms with Crippen molar-refractivity contribution in [1.82, 2.24) is 4.98 Å². The summed E-state index contributed by atoms with van der Waals surface area (Å²) in [5.74, 6) is -0.449. The number of carbonyl (C=O) groups is 1. The minimum absolute atomic E-state index is 0.0384. The Morgan fingerprint density at radius 1 is 1.56 bits per heavy atom. The zero-order valence-electron chi connectivity index (χ0n) is 9.87. The van der Waals surface area contributed by atoms with Crippen molar-refractivity contribution >= 4 is 21.9 Å². The van der Waals surface area contributed by atoms with E-state index in [1.807, 2.05) is 0 Å². The second-order valence-corrected chi connectivity index (χ2v) is 4.15. The molecule has 0 saturated carbocycles. The molecule has 0 atom stereocenters. The lowest BCUT2D eigenvalue weighted by atomic mass is 10.1. The van der Waals surface area contributed by atoms with E-state index in [0.717, 1.165) is 0 Å². The first-order chi connectivity index (χ1) is 8.49. The van der Waals surface area contributed by atoms with E-state index in [2.05, 4.69) is 20.9 Å². The SMILES string of the molecule is CCOC(=O)Cc1nc(OC)c(Br)cc1C(F)F. The number of rotatable bonds is 5. The zero-order valence-corrected chi connectivity index (χ0v) is 11.5. The summed E-state index contributed by atoms with van der Waals surface area (Å²) in [7, 11) is 1.36. The number of hydrogen-bond donors (Lipinski definition) is 0. The summed E-state index contributed by atoms with van der Waals surface area (Å²) in [5, 5.41) is 0. The Morgan fingerprint density at radius 2 is 2.22 bits per heavy atom. The van der Waals surface area contributed by atoms with Crippen molar-refractivity contribution in [3.63, 3.8) is 0 Å². The molecule has 0 radical (unpaired) electrons. The van der Waals surface area contributed by atoms with Gasteiger partial charge in [-0.25, -0.2) is 13.8 Å². The Hall–Kier alpha value is -1.24. The van der Waals surface area contributed by atoms with Crippen LogP contribution in [0.3, 0.4) is 0 Å². The number of nitrogens with zero attached hydrogens (tertiary/aromatic N) is 1. The first kappa shape index (κ1) is 14.8. The number of pyridine rings is 1. The molecule has 1 rings (SSSR count). The normalized spacial score (nSPS) is 10.6. The van der Waals surface area contributed by atoms with Crippen LogP contribution in [-0.4, -0.2) is 24.7 Å². The van der Waals surface area contributed by atoms with Crippen molar-refractivity contribution in [3.05, 3.63) is 21.8 Å². The number of alkyl halides is 2. The molecule has 0 saturated heterocycles. The molecule has 0 aliphatic rings. The van der Waals surface area contributed by atoms with Gasteiger partial charge in [0.15, 0.2) is 0 Å². The summed E-state index contributed by atoms with van der Waals surface area (Å²) in [5.41, 5.74) is -0.348. The highest BCUT2D eigenvalue weighted by Gasteiger charge is 2.20. The molecule has 0 N–H and O–H groups in total. The molecule has 7 heteroatoms. The molecule has 0 aromatic carbocycles. The van der Waals surface area contributed by atoms with Crippen LogP contribution in [0.25, 0.3) is 0 Å². The topological polar surface area (TPSA) is 48.4 Å². The summed E-state index contributed by atoms with van der Waals surface area (Å²) in [4.78, 5) is 15.2. The maximum atomic E-state index is 12.8. The van der Waals surface area contributed by atoms with E-state index in [-0.39, 0.29) is 30.2 Å². The summed E-state index contributed by atoms with van der Waals surface area (Å²) in [6.07, 6.45) is -3.03. The van der Waals surface area contributed by atoms with E-state index in [1.165, 1.54) is 13.2 Å². The average molecular weight is 324 g/mol. The average Bonchev–Trinajstić information content (AvgIpc) is 2.30. The van der Waals surface area contributed by atoms with Crippen LogP contribution in [0.2, 0.25) is 0 Å². The molecule has 0 bridgehead atoms. The second-order valence-electron chi connectivity index (χ2n) is 3.30. The Bertz CT molecular complexity index is 441. The van der Waals surface area contributed by atoms with Crippen LogP contribution in [0.4, 0.5) is 8.78 Å². The lowest BCUT2D eigenvalue weighted by Crippen LogP contribution is -2.12. The fraction of sp³-hybridized carbons (Fsp3) is 0.455. The fourth-order valence-corrected chi connectivity index (χ4v) is 1.84. The Morgan fingerprint density at radius 3 is 2.72 bits per heavy atom. The van der Waals surface area contributed by atoms with Gasteiger partial charge in [0.25, 0.3) is 6.43 Å². The molecule has 1 heterocycles. The lowest BCUT2D eigenvalue weighted by molar-refractivity contribution is -0.142. The predicted molar refractivity (Wildman–Crippen MR) is 63.8 cm³/mol. The number of hydrogen-bond acceptors (Lipinski definition) is 4. The van der Waals surface area contributed by atoms with E-state index in [0.29, 0.717) is 4.47 Å². The monoisotopic (exact) mass is 323 g/mol. The molecule has 0 aliphatic heterocycles. The molecule has 1 aromatic heterocycles. The largest absolute Gasteiger partial charge is 0.480 e. The number of aromatic nitrogens is 1. The first-order valence-corrected chi connectivity index (χ1v) is 5.96. The van der Waals surface area contributed by atoms with Gasteiger partial charge in [-0.3, -0.25) is 4.79 Å². The number of ether oxygens (including phenoxy) is 2. The van der Waals surface area contributed by atoms with Crippen LogP contribution in [0.5, 0.6) is 5.88 Å². The molecule has 4 nitrogen and oxygen atoms in total. The van der Waals surface area contributed by atoms with Gasteiger partial charge in [-0.05, 0) is 28.9 Å². The highest BCUT2D eigenvalue weighted by Crippen LogP contribution is 2.31. The van der Waals surface area contributed by atoms with Gasteiger partial charge in [0, 0.05) is 5.56 Å². The molecule has 0 fully saturated rings. The molecule has 1 aromatic rings. The van der Waals surface area contributed by atoms with Crippen LogP contribution < -0.4 is 4.74 Å². The summed E-state index contributed by atoms with van der Waals surface area (Å²) in [6, 6.07) is 1.20. The number of esters is 1. The van der Waals surface area contributed by atoms with E-state index in [1.54, 1.807) is 6.92 Å². The number of methoxy groups -OCH3 is 1. The minimum atomic E-state index is -2.72. The molecular weight excluding hydrogens is 312 g/mol. The van der Waals surface area contributed by atoms with Gasteiger partial charge in [-0.1, -0.05) is 0 Å². The second kappa shape index (κ2) is 6.63. The third kappa shape index (κ3) is 3.63. The Labute approximate surface area is 111 Å². The highest BCUT2D eigenvalue weighted by atomic mass is 79.9. The van der Waals surface area contributed by atoms with Gasteiger partial charge in [-0.15, -0.1) is 0 Å². The molecule has 100 valence electrons. The smallest absolute Gasteiger partial charge is 0.311 e. The van der Waals surface area contributed by atoms with Crippen molar-refractivity contribution in [2.24, 2.45) is 0 Å². The number of carbonyl (C=O) groups excluding carboxylic acids is 1. The highest BCUT2D eigenvalue weighted by molar-refractivity contribution is 9.10. The molecule has 0 amide bonds. The van der Waals surface area contributed by atoms with Gasteiger partial charge < -0.3 is 9.47 Å². The fourth-order valence-electron chi connectivity index (χ4n) is 1.34. The van der Waals surface area contributed by atoms with Crippen LogP contribution in [0.15, 0.2) is 10.5 Å². The third-order valence-corrected chi connectivity index (χ3v) is 2.67. The van der Waals surface area contributed by atoms with Crippen molar-refractivity contribution in [1.29, 1.82) is 0 Å². The first-order valence-electron chi connectivity index (χ1n) is 5.16. The quantitative estimate of drug-likeness (QED) is 0.782. The van der Waals surface area contributed by atoms with E-state index >= 15 is 0 Å². The lowest BCUT2D eigenvalue weighted by Gasteiger charge is -2.11.